The van der Waals surface area contributed by atoms with Crippen LogP contribution in [0.5, 0.6) is 11.6 Å². The van der Waals surface area contributed by atoms with E-state index in [1.165, 1.54) is 12.1 Å². The van der Waals surface area contributed by atoms with E-state index in [-0.39, 0.29) is 22.1 Å². The van der Waals surface area contributed by atoms with Crippen molar-refractivity contribution >= 4 is 19.2 Å². The first-order valence-electron chi connectivity index (χ1n) is 9.26. The fraction of sp³-hybridized carbons (Fsp3) is 0.550. The van der Waals surface area contributed by atoms with Crippen molar-refractivity contribution in [3.63, 3.8) is 0 Å². The van der Waals surface area contributed by atoms with E-state index < -0.39 is 26.9 Å². The van der Waals surface area contributed by atoms with Gasteiger partial charge >= 0.3 is 6.18 Å². The summed E-state index contributed by atoms with van der Waals surface area (Å²) in [6.07, 6.45) is -3.44. The van der Waals surface area contributed by atoms with Gasteiger partial charge < -0.3 is 9.16 Å². The highest BCUT2D eigenvalue weighted by Crippen LogP contribution is 2.42. The highest BCUT2D eigenvalue weighted by Gasteiger charge is 2.40. The number of benzene rings is 1. The van der Waals surface area contributed by atoms with Gasteiger partial charge in [0.05, 0.1) is 11.1 Å². The fourth-order valence-corrected chi connectivity index (χ4v) is 3.45. The predicted molar refractivity (Wildman–Crippen MR) is 105 cm³/mol. The summed E-state index contributed by atoms with van der Waals surface area (Å²) in [5.41, 5.74) is 0.793. The number of alkyl halides is 3. The molecule has 0 saturated heterocycles. The Morgan fingerprint density at radius 1 is 1.11 bits per heavy atom. The molecule has 0 atom stereocenters. The van der Waals surface area contributed by atoms with E-state index in [1.807, 2.05) is 20.0 Å². The first kappa shape index (κ1) is 22.5. The summed E-state index contributed by atoms with van der Waals surface area (Å²) in [6.45, 7) is 10.7. The van der Waals surface area contributed by atoms with Crippen molar-refractivity contribution in [1.82, 2.24) is 4.98 Å². The van der Waals surface area contributed by atoms with Crippen molar-refractivity contribution in [1.29, 1.82) is 0 Å². The Morgan fingerprint density at radius 3 is 2.29 bits per heavy atom. The lowest BCUT2D eigenvalue weighted by molar-refractivity contribution is -0.153. The smallest absolute Gasteiger partial charge is 0.422 e. The molecule has 0 fully saturated rings. The average Bonchev–Trinajstić information content (AvgIpc) is 2.52. The van der Waals surface area contributed by atoms with Gasteiger partial charge in [0.25, 0.3) is 8.32 Å². The highest BCUT2D eigenvalue weighted by molar-refractivity contribution is 6.74. The third-order valence-electron chi connectivity index (χ3n) is 5.00. The van der Waals surface area contributed by atoms with Crippen LogP contribution in [0.2, 0.25) is 18.1 Å². The van der Waals surface area contributed by atoms with Crippen molar-refractivity contribution in [3.05, 3.63) is 29.6 Å². The number of aromatic nitrogens is 1. The van der Waals surface area contributed by atoms with E-state index >= 15 is 0 Å². The number of fused-ring (bicyclic) bond motifs is 1. The monoisotopic (exact) mass is 417 g/mol. The van der Waals surface area contributed by atoms with E-state index in [0.29, 0.717) is 23.9 Å². The Labute approximate surface area is 164 Å². The molecule has 0 aliphatic carbocycles. The first-order valence-corrected chi connectivity index (χ1v) is 12.2. The summed E-state index contributed by atoms with van der Waals surface area (Å²) in [6, 6.07) is 3.81. The number of ether oxygens (including phenoxy) is 1. The maximum atomic E-state index is 13.8. The Hall–Kier alpha value is -1.83. The van der Waals surface area contributed by atoms with Gasteiger partial charge in [-0.3, -0.25) is 0 Å². The molecular weight excluding hydrogens is 390 g/mol. The topological polar surface area (TPSA) is 31.4 Å². The van der Waals surface area contributed by atoms with Crippen molar-refractivity contribution in [3.8, 4) is 11.6 Å². The second-order valence-corrected chi connectivity index (χ2v) is 13.1. The lowest BCUT2D eigenvalue weighted by Crippen LogP contribution is -2.44. The number of hydrogen-bond acceptors (Lipinski definition) is 3. The van der Waals surface area contributed by atoms with Gasteiger partial charge in [0.1, 0.15) is 11.6 Å². The lowest BCUT2D eigenvalue weighted by Gasteiger charge is -2.36. The summed E-state index contributed by atoms with van der Waals surface area (Å²) in [5, 5.41) is 0.0957. The SMILES string of the molecule is CCCc1c(O[Si](C)(C)C(C)(C)C)nc2ccc(F)cc2c1OCC(F)(F)F. The van der Waals surface area contributed by atoms with Gasteiger partial charge in [-0.15, -0.1) is 0 Å². The molecule has 1 aromatic heterocycles. The Kier molecular flexibility index (Phi) is 6.33. The van der Waals surface area contributed by atoms with Gasteiger partial charge in [-0.05, 0) is 42.8 Å². The standard InChI is InChI=1S/C20H27F4NO2Si/c1-7-8-14-17(26-12-20(22,23)24)15-11-13(21)9-10-16(15)25-18(14)27-28(5,6)19(2,3)4/h9-11H,7-8,12H2,1-6H3. The van der Waals surface area contributed by atoms with Crippen molar-refractivity contribution in [2.45, 2.75) is 64.8 Å². The van der Waals surface area contributed by atoms with Crippen molar-refractivity contribution in [2.24, 2.45) is 0 Å². The molecule has 0 unspecified atom stereocenters. The van der Waals surface area contributed by atoms with Crippen LogP contribution in [-0.2, 0) is 6.42 Å². The minimum Gasteiger partial charge on any atom is -0.530 e. The molecule has 0 spiro atoms. The molecule has 0 saturated carbocycles. The molecule has 0 radical (unpaired) electrons. The van der Waals surface area contributed by atoms with Gasteiger partial charge in [0.15, 0.2) is 6.61 Å². The van der Waals surface area contributed by atoms with Crippen LogP contribution in [0.15, 0.2) is 18.2 Å². The zero-order chi connectivity index (χ0) is 21.3. The molecule has 0 aliphatic heterocycles. The van der Waals surface area contributed by atoms with Gasteiger partial charge in [-0.25, -0.2) is 9.37 Å². The summed E-state index contributed by atoms with van der Waals surface area (Å²) in [5.74, 6) is -0.284. The molecule has 0 amide bonds. The van der Waals surface area contributed by atoms with Crippen LogP contribution in [0.1, 0.15) is 39.7 Å². The average molecular weight is 418 g/mol. The summed E-state index contributed by atoms with van der Waals surface area (Å²) in [7, 11) is -2.30. The van der Waals surface area contributed by atoms with E-state index in [9.17, 15) is 17.6 Å². The number of pyridine rings is 1. The van der Waals surface area contributed by atoms with Crippen LogP contribution in [0.25, 0.3) is 10.9 Å². The number of nitrogens with zero attached hydrogens (tertiary/aromatic N) is 1. The highest BCUT2D eigenvalue weighted by atomic mass is 28.4. The molecule has 28 heavy (non-hydrogen) atoms. The third kappa shape index (κ3) is 5.15. The Balaban J connectivity index is 2.69. The second kappa shape index (κ2) is 7.89. The van der Waals surface area contributed by atoms with Crippen LogP contribution < -0.4 is 9.16 Å². The normalized spacial score (nSPS) is 13.1. The minimum atomic E-state index is -4.51. The molecule has 8 heteroatoms. The van der Waals surface area contributed by atoms with Gasteiger partial charge in [-0.1, -0.05) is 34.1 Å². The molecule has 0 aliphatic rings. The largest absolute Gasteiger partial charge is 0.530 e. The van der Waals surface area contributed by atoms with Crippen LogP contribution in [0, 0.1) is 5.82 Å². The molecule has 1 heterocycles. The van der Waals surface area contributed by atoms with Gasteiger partial charge in [-0.2, -0.15) is 13.2 Å². The van der Waals surface area contributed by atoms with Gasteiger partial charge in [0.2, 0.25) is 5.88 Å². The van der Waals surface area contributed by atoms with E-state index in [2.05, 4.69) is 25.8 Å². The summed E-state index contributed by atoms with van der Waals surface area (Å²) < 4.78 is 63.8. The molecule has 2 aromatic rings. The molecule has 1 aromatic carbocycles. The number of rotatable bonds is 6. The molecule has 0 bridgehead atoms. The minimum absolute atomic E-state index is 0.00242. The summed E-state index contributed by atoms with van der Waals surface area (Å²) in [4.78, 5) is 4.52. The summed E-state index contributed by atoms with van der Waals surface area (Å²) >= 11 is 0. The zero-order valence-electron chi connectivity index (χ0n) is 17.1. The van der Waals surface area contributed by atoms with Crippen LogP contribution in [0.4, 0.5) is 17.6 Å². The lowest BCUT2D eigenvalue weighted by atomic mass is 10.1. The van der Waals surface area contributed by atoms with E-state index in [0.717, 1.165) is 6.07 Å². The van der Waals surface area contributed by atoms with Gasteiger partial charge in [0, 0.05) is 5.39 Å². The van der Waals surface area contributed by atoms with Crippen molar-refractivity contribution in [2.75, 3.05) is 6.61 Å². The first-order chi connectivity index (χ1) is 12.7. The van der Waals surface area contributed by atoms with Crippen molar-refractivity contribution < 1.29 is 26.7 Å². The molecule has 0 N–H and O–H groups in total. The fourth-order valence-electron chi connectivity index (χ4n) is 2.49. The Bertz CT molecular complexity index is 845. The van der Waals surface area contributed by atoms with Crippen LogP contribution in [-0.4, -0.2) is 26.1 Å². The quantitative estimate of drug-likeness (QED) is 0.389. The number of halogens is 4. The van der Waals surface area contributed by atoms with E-state index in [1.54, 1.807) is 0 Å². The van der Waals surface area contributed by atoms with Crippen LogP contribution >= 0.6 is 0 Å². The molecule has 2 rings (SSSR count). The van der Waals surface area contributed by atoms with E-state index in [4.69, 9.17) is 9.16 Å². The predicted octanol–water partition coefficient (Wildman–Crippen LogP) is 6.65. The maximum absolute atomic E-state index is 13.8. The molecule has 156 valence electrons. The molecule has 3 nitrogen and oxygen atoms in total. The van der Waals surface area contributed by atoms with Crippen LogP contribution in [0.3, 0.4) is 0 Å². The number of hydrogen-bond donors (Lipinski definition) is 0. The molecular formula is C20H27F4NO2Si. The Morgan fingerprint density at radius 2 is 1.75 bits per heavy atom. The second-order valence-electron chi connectivity index (χ2n) is 8.40. The maximum Gasteiger partial charge on any atom is 0.422 e. The zero-order valence-corrected chi connectivity index (χ0v) is 18.1. The third-order valence-corrected chi connectivity index (χ3v) is 9.31.